The summed E-state index contributed by atoms with van der Waals surface area (Å²) in [5.74, 6) is 0.716. The number of urea groups is 1. The first kappa shape index (κ1) is 19.8. The summed E-state index contributed by atoms with van der Waals surface area (Å²) in [6.45, 7) is 4.18. The van der Waals surface area contributed by atoms with E-state index in [2.05, 4.69) is 26.9 Å². The number of hydrogen-bond acceptors (Lipinski definition) is 7. The van der Waals surface area contributed by atoms with E-state index >= 15 is 0 Å². The molecule has 2 aromatic carbocycles. The molecule has 0 fully saturated rings. The summed E-state index contributed by atoms with van der Waals surface area (Å²) >= 11 is 1.19. The summed E-state index contributed by atoms with van der Waals surface area (Å²) in [5.41, 5.74) is 3.66. The molecule has 10 heteroatoms. The fourth-order valence-electron chi connectivity index (χ4n) is 2.99. The number of carbonyl (C=O) groups excluding carboxylic acids is 2. The van der Waals surface area contributed by atoms with Crippen LogP contribution in [0.5, 0.6) is 11.5 Å². The second kappa shape index (κ2) is 8.46. The third kappa shape index (κ3) is 4.38. The zero-order chi connectivity index (χ0) is 21.1. The molecule has 0 bridgehead atoms. The Kier molecular flexibility index (Phi) is 5.57. The number of benzene rings is 2. The number of rotatable bonds is 5. The molecule has 0 spiro atoms. The lowest BCUT2D eigenvalue weighted by Crippen LogP contribution is -2.35. The van der Waals surface area contributed by atoms with Crippen molar-refractivity contribution in [3.05, 3.63) is 53.9 Å². The van der Waals surface area contributed by atoms with E-state index in [0.717, 1.165) is 16.8 Å². The zero-order valence-electron chi connectivity index (χ0n) is 16.3. The topological polar surface area (TPSA) is 107 Å². The Labute approximate surface area is 176 Å². The van der Waals surface area contributed by atoms with Crippen molar-refractivity contribution in [2.75, 3.05) is 17.9 Å². The molecule has 2 N–H and O–H groups in total. The van der Waals surface area contributed by atoms with Gasteiger partial charge in [-0.3, -0.25) is 14.7 Å². The normalized spacial score (nSPS) is 11.9. The number of aromatic nitrogens is 3. The highest BCUT2D eigenvalue weighted by atomic mass is 32.2. The lowest BCUT2D eigenvalue weighted by Gasteiger charge is -2.10. The highest BCUT2D eigenvalue weighted by molar-refractivity contribution is 7.99. The van der Waals surface area contributed by atoms with Crippen molar-refractivity contribution in [2.45, 2.75) is 19.0 Å². The first-order valence-corrected chi connectivity index (χ1v) is 10.1. The quantitative estimate of drug-likeness (QED) is 0.605. The van der Waals surface area contributed by atoms with E-state index in [-0.39, 0.29) is 12.5 Å². The van der Waals surface area contributed by atoms with E-state index in [4.69, 9.17) is 9.47 Å². The summed E-state index contributed by atoms with van der Waals surface area (Å²) < 4.78 is 12.3. The predicted octanol–water partition coefficient (Wildman–Crippen LogP) is 3.05. The van der Waals surface area contributed by atoms with Crippen molar-refractivity contribution in [3.8, 4) is 17.2 Å². The van der Waals surface area contributed by atoms with E-state index < -0.39 is 11.9 Å². The Hall–Kier alpha value is -3.53. The van der Waals surface area contributed by atoms with Gasteiger partial charge in [-0.25, -0.2) is 4.79 Å². The van der Waals surface area contributed by atoms with Gasteiger partial charge in [-0.15, -0.1) is 10.2 Å². The van der Waals surface area contributed by atoms with E-state index in [1.54, 1.807) is 24.5 Å². The molecule has 3 aromatic rings. The Morgan fingerprint density at radius 1 is 1.13 bits per heavy atom. The molecule has 3 amide bonds. The van der Waals surface area contributed by atoms with Crippen molar-refractivity contribution in [2.24, 2.45) is 0 Å². The number of thioether (sulfide) groups is 1. The van der Waals surface area contributed by atoms with Crippen LogP contribution in [0.2, 0.25) is 0 Å². The number of imide groups is 1. The van der Waals surface area contributed by atoms with Gasteiger partial charge in [0.05, 0.1) is 11.4 Å². The largest absolute Gasteiger partial charge is 0.454 e. The molecule has 154 valence electrons. The average Bonchev–Trinajstić information content (AvgIpc) is 3.35. The first-order chi connectivity index (χ1) is 14.5. The highest BCUT2D eigenvalue weighted by Gasteiger charge is 2.16. The third-order valence-corrected chi connectivity index (χ3v) is 5.29. The number of hydrogen-bond donors (Lipinski definition) is 2. The van der Waals surface area contributed by atoms with Gasteiger partial charge in [0.25, 0.3) is 0 Å². The molecule has 1 aromatic heterocycles. The number of nitrogens with one attached hydrogen (secondary N) is 2. The number of nitrogens with zero attached hydrogens (tertiary/aromatic N) is 3. The zero-order valence-corrected chi connectivity index (χ0v) is 17.2. The lowest BCUT2D eigenvalue weighted by atomic mass is 10.1. The maximum Gasteiger partial charge on any atom is 0.325 e. The van der Waals surface area contributed by atoms with Gasteiger partial charge in [-0.1, -0.05) is 29.5 Å². The summed E-state index contributed by atoms with van der Waals surface area (Å²) in [6.07, 6.45) is 1.60. The molecule has 30 heavy (non-hydrogen) atoms. The van der Waals surface area contributed by atoms with Gasteiger partial charge in [0, 0.05) is 11.8 Å². The van der Waals surface area contributed by atoms with Crippen LogP contribution >= 0.6 is 11.8 Å². The van der Waals surface area contributed by atoms with Gasteiger partial charge in [-0.05, 0) is 37.6 Å². The Balaban J connectivity index is 1.33. The smallest absolute Gasteiger partial charge is 0.325 e. The van der Waals surface area contributed by atoms with Crippen LogP contribution in [0.25, 0.3) is 5.69 Å². The van der Waals surface area contributed by atoms with E-state index in [1.165, 1.54) is 11.8 Å². The Morgan fingerprint density at radius 3 is 2.80 bits per heavy atom. The van der Waals surface area contributed by atoms with Crippen LogP contribution in [-0.4, -0.2) is 39.2 Å². The van der Waals surface area contributed by atoms with Crippen LogP contribution in [0.15, 0.2) is 47.9 Å². The van der Waals surface area contributed by atoms with Crippen LogP contribution < -0.4 is 20.1 Å². The second-order valence-corrected chi connectivity index (χ2v) is 7.57. The SMILES string of the molecule is Cc1ccc(-n2cnnc2SCC(=O)NC(=O)Nc2ccc3c(c2)OCO3)c(C)c1. The number of ether oxygens (including phenoxy) is 2. The molecule has 0 saturated heterocycles. The van der Waals surface area contributed by atoms with Crippen LogP contribution in [0.1, 0.15) is 11.1 Å². The van der Waals surface area contributed by atoms with Crippen molar-refractivity contribution in [1.29, 1.82) is 0 Å². The molecule has 0 aliphatic carbocycles. The molecule has 9 nitrogen and oxygen atoms in total. The number of amides is 3. The summed E-state index contributed by atoms with van der Waals surface area (Å²) in [7, 11) is 0. The molecule has 1 aliphatic heterocycles. The van der Waals surface area contributed by atoms with Crippen molar-refractivity contribution in [3.63, 3.8) is 0 Å². The molecule has 2 heterocycles. The fourth-order valence-corrected chi connectivity index (χ4v) is 3.72. The van der Waals surface area contributed by atoms with Crippen molar-refractivity contribution in [1.82, 2.24) is 20.1 Å². The standard InChI is InChI=1S/C20H19N5O4S/c1-12-3-5-15(13(2)7-12)25-10-21-24-20(25)30-9-18(26)23-19(27)22-14-4-6-16-17(8-14)29-11-28-16/h3-8,10H,9,11H2,1-2H3,(H2,22,23,26,27). The van der Waals surface area contributed by atoms with Gasteiger partial charge in [0.2, 0.25) is 12.7 Å². The van der Waals surface area contributed by atoms with Crippen LogP contribution in [-0.2, 0) is 4.79 Å². The highest BCUT2D eigenvalue weighted by Crippen LogP contribution is 2.34. The molecular formula is C20H19N5O4S. The van der Waals surface area contributed by atoms with Crippen LogP contribution in [0.4, 0.5) is 10.5 Å². The van der Waals surface area contributed by atoms with Gasteiger partial charge in [0.15, 0.2) is 16.7 Å². The fraction of sp³-hybridized carbons (Fsp3) is 0.200. The van der Waals surface area contributed by atoms with E-state index in [9.17, 15) is 9.59 Å². The molecule has 1 aliphatic rings. The van der Waals surface area contributed by atoms with Gasteiger partial charge < -0.3 is 14.8 Å². The minimum Gasteiger partial charge on any atom is -0.454 e. The molecule has 0 saturated carbocycles. The average molecular weight is 425 g/mol. The molecular weight excluding hydrogens is 406 g/mol. The minimum atomic E-state index is -0.629. The second-order valence-electron chi connectivity index (χ2n) is 6.63. The van der Waals surface area contributed by atoms with Crippen LogP contribution in [0, 0.1) is 13.8 Å². The maximum absolute atomic E-state index is 12.2. The molecule has 0 atom stereocenters. The number of carbonyl (C=O) groups is 2. The molecule has 0 radical (unpaired) electrons. The number of fused-ring (bicyclic) bond motifs is 1. The molecule has 0 unspecified atom stereocenters. The predicted molar refractivity (Wildman–Crippen MR) is 111 cm³/mol. The Morgan fingerprint density at radius 2 is 1.97 bits per heavy atom. The van der Waals surface area contributed by atoms with Crippen molar-refractivity contribution < 1.29 is 19.1 Å². The summed E-state index contributed by atoms with van der Waals surface area (Å²) in [4.78, 5) is 24.3. The van der Waals surface area contributed by atoms with E-state index in [1.807, 2.05) is 30.5 Å². The summed E-state index contributed by atoms with van der Waals surface area (Å²) in [5, 5.41) is 13.5. The first-order valence-electron chi connectivity index (χ1n) is 9.10. The number of aryl methyl sites for hydroxylation is 2. The summed E-state index contributed by atoms with van der Waals surface area (Å²) in [6, 6.07) is 10.4. The molecule has 4 rings (SSSR count). The lowest BCUT2D eigenvalue weighted by molar-refractivity contribution is -0.117. The Bertz CT molecular complexity index is 1110. The van der Waals surface area contributed by atoms with E-state index in [0.29, 0.717) is 22.3 Å². The van der Waals surface area contributed by atoms with Gasteiger partial charge in [0.1, 0.15) is 6.33 Å². The minimum absolute atomic E-state index is 0.0121. The van der Waals surface area contributed by atoms with Gasteiger partial charge in [-0.2, -0.15) is 0 Å². The number of anilines is 1. The maximum atomic E-state index is 12.2. The monoisotopic (exact) mass is 425 g/mol. The van der Waals surface area contributed by atoms with Crippen LogP contribution in [0.3, 0.4) is 0 Å². The van der Waals surface area contributed by atoms with Crippen molar-refractivity contribution >= 4 is 29.4 Å². The van der Waals surface area contributed by atoms with Gasteiger partial charge >= 0.3 is 6.03 Å². The third-order valence-electron chi connectivity index (χ3n) is 4.34.